The lowest BCUT2D eigenvalue weighted by atomic mass is 9.98. The molecule has 3 heteroatoms. The van der Waals surface area contributed by atoms with Crippen LogP contribution in [0.15, 0.2) is 48.5 Å². The summed E-state index contributed by atoms with van der Waals surface area (Å²) in [5.41, 5.74) is 5.53. The average Bonchev–Trinajstić information content (AvgIpc) is 3.26. The Balaban J connectivity index is 1.27. The number of aryl methyl sites for hydroxylation is 1. The molecule has 2 aliphatic rings. The molecule has 1 atom stereocenters. The van der Waals surface area contributed by atoms with Gasteiger partial charge in [0.2, 0.25) is 0 Å². The molecule has 2 aromatic rings. The van der Waals surface area contributed by atoms with Crippen LogP contribution < -0.4 is 4.90 Å². The molecule has 0 amide bonds. The van der Waals surface area contributed by atoms with E-state index in [0.717, 1.165) is 32.0 Å². The molecule has 0 radical (unpaired) electrons. The van der Waals surface area contributed by atoms with Crippen molar-refractivity contribution in [3.8, 4) is 0 Å². The Kier molecular flexibility index (Phi) is 6.89. The van der Waals surface area contributed by atoms with E-state index in [0.29, 0.717) is 6.54 Å². The van der Waals surface area contributed by atoms with E-state index in [2.05, 4.69) is 65.4 Å². The van der Waals surface area contributed by atoms with Gasteiger partial charge < -0.3 is 10.0 Å². The van der Waals surface area contributed by atoms with E-state index in [1.807, 2.05) is 0 Å². The molecule has 0 spiro atoms. The fourth-order valence-electron chi connectivity index (χ4n) is 5.11. The Hall–Kier alpha value is -1.84. The number of hydrogen-bond acceptors (Lipinski definition) is 3. The quantitative estimate of drug-likeness (QED) is 0.707. The van der Waals surface area contributed by atoms with Crippen molar-refractivity contribution in [2.75, 3.05) is 31.6 Å². The average molecular weight is 393 g/mol. The van der Waals surface area contributed by atoms with Gasteiger partial charge in [-0.25, -0.2) is 0 Å². The number of aliphatic hydroxyl groups is 1. The van der Waals surface area contributed by atoms with E-state index in [4.69, 9.17) is 0 Å². The summed E-state index contributed by atoms with van der Waals surface area (Å²) in [7, 11) is 2.10. The number of β-amino-alcohol motifs (C(OH)–C–C–N with tert-alkyl or cyclic N) is 1. The highest BCUT2D eigenvalue weighted by molar-refractivity contribution is 5.48. The van der Waals surface area contributed by atoms with Crippen molar-refractivity contribution in [1.29, 1.82) is 0 Å². The van der Waals surface area contributed by atoms with E-state index in [9.17, 15) is 5.11 Å². The highest BCUT2D eigenvalue weighted by atomic mass is 16.3. The largest absolute Gasteiger partial charge is 0.390 e. The molecule has 1 aliphatic carbocycles. The molecule has 1 aliphatic heterocycles. The molecule has 1 fully saturated rings. The van der Waals surface area contributed by atoms with E-state index >= 15 is 0 Å². The minimum absolute atomic E-state index is 0.340. The first kappa shape index (κ1) is 20.4. The van der Waals surface area contributed by atoms with Gasteiger partial charge in [0.25, 0.3) is 0 Å². The molecule has 2 aromatic carbocycles. The fraction of sp³-hybridized carbons (Fsp3) is 0.538. The van der Waals surface area contributed by atoms with Crippen LogP contribution in [0.1, 0.15) is 48.8 Å². The Morgan fingerprint density at radius 1 is 1.07 bits per heavy atom. The highest BCUT2D eigenvalue weighted by Gasteiger charge is 2.19. The summed E-state index contributed by atoms with van der Waals surface area (Å²) >= 11 is 0. The number of fused-ring (bicyclic) bond motifs is 1. The van der Waals surface area contributed by atoms with Crippen molar-refractivity contribution in [3.05, 3.63) is 65.2 Å². The topological polar surface area (TPSA) is 26.7 Å². The molecule has 0 saturated heterocycles. The summed E-state index contributed by atoms with van der Waals surface area (Å²) in [6, 6.07) is 17.6. The molecule has 0 aromatic heterocycles. The number of aliphatic hydroxyl groups excluding tert-OH is 1. The van der Waals surface area contributed by atoms with Crippen molar-refractivity contribution >= 4 is 5.69 Å². The third kappa shape index (κ3) is 5.61. The first-order chi connectivity index (χ1) is 14.2. The van der Waals surface area contributed by atoms with Gasteiger partial charge in [-0.3, -0.25) is 4.90 Å². The van der Waals surface area contributed by atoms with E-state index in [-0.39, 0.29) is 6.10 Å². The Labute approximate surface area is 176 Å². The van der Waals surface area contributed by atoms with Crippen LogP contribution in [0.3, 0.4) is 0 Å². The molecule has 3 nitrogen and oxygen atoms in total. The van der Waals surface area contributed by atoms with Crippen molar-refractivity contribution in [3.63, 3.8) is 0 Å². The predicted molar refractivity (Wildman–Crippen MR) is 121 cm³/mol. The number of anilines is 1. The molecule has 1 unspecified atom stereocenters. The fourth-order valence-corrected chi connectivity index (χ4v) is 5.11. The zero-order valence-corrected chi connectivity index (χ0v) is 17.9. The summed E-state index contributed by atoms with van der Waals surface area (Å²) in [5.74, 6) is 0.938. The smallest absolute Gasteiger partial charge is 0.0841 e. The first-order valence-corrected chi connectivity index (χ1v) is 11.4. The van der Waals surface area contributed by atoms with Crippen LogP contribution in [0.25, 0.3) is 0 Å². The van der Waals surface area contributed by atoms with Crippen LogP contribution in [0, 0.1) is 5.92 Å². The minimum Gasteiger partial charge on any atom is -0.390 e. The second kappa shape index (κ2) is 9.77. The minimum atomic E-state index is -0.340. The SMILES string of the molecule is CN(CC(O)CN1CCc2ccccc2C1)c1cccc(CCC2CCCC2)c1. The normalized spacial score (nSPS) is 18.6. The van der Waals surface area contributed by atoms with Crippen molar-refractivity contribution in [2.45, 2.75) is 57.6 Å². The third-order valence-corrected chi connectivity index (χ3v) is 6.83. The summed E-state index contributed by atoms with van der Waals surface area (Å²) in [6.07, 6.45) is 8.95. The molecule has 29 heavy (non-hydrogen) atoms. The maximum atomic E-state index is 10.7. The van der Waals surface area contributed by atoms with Gasteiger partial charge >= 0.3 is 0 Å². The molecule has 1 saturated carbocycles. The van der Waals surface area contributed by atoms with Crippen molar-refractivity contribution < 1.29 is 5.11 Å². The summed E-state index contributed by atoms with van der Waals surface area (Å²) < 4.78 is 0. The molecular weight excluding hydrogens is 356 g/mol. The van der Waals surface area contributed by atoms with Crippen LogP contribution in [0.2, 0.25) is 0 Å². The summed E-state index contributed by atoms with van der Waals surface area (Å²) in [5, 5.41) is 10.7. The van der Waals surface area contributed by atoms with Crippen LogP contribution in [0.4, 0.5) is 5.69 Å². The number of hydrogen-bond donors (Lipinski definition) is 1. The number of rotatable bonds is 8. The van der Waals surface area contributed by atoms with Crippen molar-refractivity contribution in [2.24, 2.45) is 5.92 Å². The van der Waals surface area contributed by atoms with Gasteiger partial charge in [-0.15, -0.1) is 0 Å². The molecule has 1 heterocycles. The highest BCUT2D eigenvalue weighted by Crippen LogP contribution is 2.29. The monoisotopic (exact) mass is 392 g/mol. The Morgan fingerprint density at radius 2 is 1.86 bits per heavy atom. The van der Waals surface area contributed by atoms with E-state index in [1.165, 1.54) is 60.9 Å². The predicted octanol–water partition coefficient (Wildman–Crippen LogP) is 4.66. The number of nitrogens with zero attached hydrogens (tertiary/aromatic N) is 2. The molecule has 1 N–H and O–H groups in total. The first-order valence-electron chi connectivity index (χ1n) is 11.4. The lowest BCUT2D eigenvalue weighted by molar-refractivity contribution is 0.110. The third-order valence-electron chi connectivity index (χ3n) is 6.83. The molecule has 0 bridgehead atoms. The Morgan fingerprint density at radius 3 is 2.69 bits per heavy atom. The van der Waals surface area contributed by atoms with Crippen LogP contribution in [-0.2, 0) is 19.4 Å². The van der Waals surface area contributed by atoms with Crippen molar-refractivity contribution in [1.82, 2.24) is 4.90 Å². The molecular formula is C26H36N2O. The van der Waals surface area contributed by atoms with Crippen LogP contribution >= 0.6 is 0 Å². The lowest BCUT2D eigenvalue weighted by Crippen LogP contribution is -2.41. The van der Waals surface area contributed by atoms with E-state index in [1.54, 1.807) is 0 Å². The second-order valence-corrected chi connectivity index (χ2v) is 9.15. The van der Waals surface area contributed by atoms with Gasteiger partial charge in [0, 0.05) is 38.9 Å². The van der Waals surface area contributed by atoms with Crippen LogP contribution in [-0.4, -0.2) is 42.8 Å². The summed E-state index contributed by atoms with van der Waals surface area (Å²) in [4.78, 5) is 4.60. The molecule has 4 rings (SSSR count). The second-order valence-electron chi connectivity index (χ2n) is 9.15. The number of likely N-dealkylation sites (N-methyl/N-ethyl adjacent to an activating group) is 1. The van der Waals surface area contributed by atoms with Gasteiger partial charge in [0.15, 0.2) is 0 Å². The van der Waals surface area contributed by atoms with E-state index < -0.39 is 0 Å². The lowest BCUT2D eigenvalue weighted by Gasteiger charge is -2.32. The standard InChI is InChI=1S/C26H36N2O/c1-27(25-12-6-9-22(17-25)14-13-21-7-2-3-8-21)19-26(29)20-28-16-15-23-10-4-5-11-24(23)18-28/h4-6,9-12,17,21,26,29H,2-3,7-8,13-16,18-20H2,1H3. The maximum Gasteiger partial charge on any atom is 0.0841 e. The van der Waals surface area contributed by atoms with Gasteiger partial charge in [-0.2, -0.15) is 0 Å². The zero-order chi connectivity index (χ0) is 20.1. The van der Waals surface area contributed by atoms with Gasteiger partial charge in [0.1, 0.15) is 0 Å². The number of benzene rings is 2. The summed E-state index contributed by atoms with van der Waals surface area (Å²) in [6.45, 7) is 3.40. The zero-order valence-electron chi connectivity index (χ0n) is 17.9. The van der Waals surface area contributed by atoms with Gasteiger partial charge in [0.05, 0.1) is 6.10 Å². The van der Waals surface area contributed by atoms with Crippen LogP contribution in [0.5, 0.6) is 0 Å². The molecule has 156 valence electrons. The van der Waals surface area contributed by atoms with Gasteiger partial charge in [-0.05, 0) is 54.0 Å². The maximum absolute atomic E-state index is 10.7. The Bertz CT molecular complexity index is 784. The van der Waals surface area contributed by atoms with Gasteiger partial charge in [-0.1, -0.05) is 62.1 Å².